The molecule has 4 aromatic rings. The lowest BCUT2D eigenvalue weighted by Gasteiger charge is -2.20. The second kappa shape index (κ2) is 10.8. The quantitative estimate of drug-likeness (QED) is 0.324. The van der Waals surface area contributed by atoms with Crippen molar-refractivity contribution in [2.24, 2.45) is 0 Å². The highest BCUT2D eigenvalue weighted by Crippen LogP contribution is 2.28. The molecular weight excluding hydrogens is 464 g/mol. The molecule has 0 aliphatic heterocycles. The molecule has 4 rings (SSSR count). The van der Waals surface area contributed by atoms with Crippen molar-refractivity contribution in [1.29, 1.82) is 0 Å². The molecule has 2 N–H and O–H groups in total. The second-order valence-corrected chi connectivity index (χ2v) is 10.3. The van der Waals surface area contributed by atoms with E-state index in [-0.39, 0.29) is 23.8 Å². The van der Waals surface area contributed by atoms with Gasteiger partial charge in [-0.05, 0) is 78.3 Å². The molecule has 0 spiro atoms. The van der Waals surface area contributed by atoms with Crippen LogP contribution in [-0.4, -0.2) is 42.3 Å². The average molecular weight is 497 g/mol. The first-order valence-electron chi connectivity index (χ1n) is 12.1. The van der Waals surface area contributed by atoms with Gasteiger partial charge in [0.05, 0.1) is 6.54 Å². The number of hydrogen-bond acceptors (Lipinski definition) is 5. The molecule has 0 radical (unpaired) electrons. The second-order valence-electron chi connectivity index (χ2n) is 10.3. The van der Waals surface area contributed by atoms with Gasteiger partial charge in [0.15, 0.2) is 0 Å². The van der Waals surface area contributed by atoms with Crippen molar-refractivity contribution < 1.29 is 14.3 Å². The van der Waals surface area contributed by atoms with Gasteiger partial charge in [0.1, 0.15) is 17.3 Å². The summed E-state index contributed by atoms with van der Waals surface area (Å²) in [5.74, 6) is 1.24. The van der Waals surface area contributed by atoms with Crippen molar-refractivity contribution in [2.45, 2.75) is 26.2 Å². The fourth-order valence-corrected chi connectivity index (χ4v) is 3.84. The molecule has 0 aliphatic carbocycles. The number of carbonyl (C=O) groups excluding carboxylic acids is 2. The van der Waals surface area contributed by atoms with Gasteiger partial charge in [0.2, 0.25) is 5.91 Å². The highest BCUT2D eigenvalue weighted by atomic mass is 16.5. The number of anilines is 2. The monoisotopic (exact) mass is 496 g/mol. The van der Waals surface area contributed by atoms with Gasteiger partial charge < -0.3 is 20.3 Å². The summed E-state index contributed by atoms with van der Waals surface area (Å²) in [7, 11) is 3.65. The number of pyridine rings is 1. The SMILES string of the molecule is CN(C)CC(=O)Nc1cc(Oc2ccc3ccc(C(=O)Nc4cccc(C(C)(C)C)c4)cc3c2)ccn1. The summed E-state index contributed by atoms with van der Waals surface area (Å²) in [6.45, 7) is 6.69. The summed E-state index contributed by atoms with van der Waals surface area (Å²) in [5, 5.41) is 7.64. The zero-order chi connectivity index (χ0) is 26.6. The predicted octanol–water partition coefficient (Wildman–Crippen LogP) is 6.08. The number of ether oxygens (including phenoxy) is 1. The van der Waals surface area contributed by atoms with Gasteiger partial charge in [0, 0.05) is 23.5 Å². The number of fused-ring (bicyclic) bond motifs is 1. The lowest BCUT2D eigenvalue weighted by atomic mass is 9.87. The minimum Gasteiger partial charge on any atom is -0.457 e. The van der Waals surface area contributed by atoms with Crippen molar-refractivity contribution in [3.63, 3.8) is 0 Å². The third-order valence-corrected chi connectivity index (χ3v) is 5.75. The molecule has 1 aromatic heterocycles. The Kier molecular flexibility index (Phi) is 7.55. The van der Waals surface area contributed by atoms with E-state index in [9.17, 15) is 9.59 Å². The van der Waals surface area contributed by atoms with Crippen LogP contribution in [0.25, 0.3) is 10.8 Å². The first-order valence-corrected chi connectivity index (χ1v) is 12.1. The number of nitrogens with one attached hydrogen (secondary N) is 2. The number of likely N-dealkylation sites (N-methyl/N-ethyl adjacent to an activating group) is 1. The molecule has 0 aliphatic rings. The highest BCUT2D eigenvalue weighted by Gasteiger charge is 2.15. The van der Waals surface area contributed by atoms with E-state index in [0.29, 0.717) is 22.9 Å². The number of rotatable bonds is 7. The molecule has 7 heteroatoms. The Balaban J connectivity index is 1.50. The Morgan fingerprint density at radius 3 is 2.38 bits per heavy atom. The molecule has 0 saturated carbocycles. The molecule has 190 valence electrons. The number of nitrogens with zero attached hydrogens (tertiary/aromatic N) is 2. The summed E-state index contributed by atoms with van der Waals surface area (Å²) >= 11 is 0. The largest absolute Gasteiger partial charge is 0.457 e. The summed E-state index contributed by atoms with van der Waals surface area (Å²) in [6.07, 6.45) is 1.58. The van der Waals surface area contributed by atoms with Crippen LogP contribution in [0.5, 0.6) is 11.5 Å². The van der Waals surface area contributed by atoms with E-state index in [1.54, 1.807) is 23.2 Å². The van der Waals surface area contributed by atoms with E-state index >= 15 is 0 Å². The number of amides is 2. The van der Waals surface area contributed by atoms with Crippen LogP contribution in [-0.2, 0) is 10.2 Å². The Morgan fingerprint density at radius 2 is 1.62 bits per heavy atom. The molecule has 0 unspecified atom stereocenters. The van der Waals surface area contributed by atoms with Crippen molar-refractivity contribution in [3.05, 3.63) is 90.1 Å². The molecule has 0 bridgehead atoms. The number of carbonyl (C=O) groups is 2. The fourth-order valence-electron chi connectivity index (χ4n) is 3.84. The maximum Gasteiger partial charge on any atom is 0.255 e. The van der Waals surface area contributed by atoms with E-state index in [4.69, 9.17) is 4.74 Å². The maximum atomic E-state index is 13.0. The average Bonchev–Trinajstić information content (AvgIpc) is 2.83. The first-order chi connectivity index (χ1) is 17.6. The Hall–Kier alpha value is -4.23. The Morgan fingerprint density at radius 1 is 0.865 bits per heavy atom. The minimum atomic E-state index is -0.175. The zero-order valence-corrected chi connectivity index (χ0v) is 21.8. The molecule has 7 nitrogen and oxygen atoms in total. The van der Waals surface area contributed by atoms with Gasteiger partial charge in [-0.25, -0.2) is 4.98 Å². The van der Waals surface area contributed by atoms with Crippen molar-refractivity contribution in [3.8, 4) is 11.5 Å². The first kappa shape index (κ1) is 25.9. The summed E-state index contributed by atoms with van der Waals surface area (Å²) in [5.41, 5.74) is 2.47. The third-order valence-electron chi connectivity index (χ3n) is 5.75. The van der Waals surface area contributed by atoms with E-state index in [1.807, 2.05) is 68.7 Å². The number of benzene rings is 3. The molecular formula is C30H32N4O3. The van der Waals surface area contributed by atoms with Crippen LogP contribution in [0.2, 0.25) is 0 Å². The van der Waals surface area contributed by atoms with Crippen molar-refractivity contribution in [2.75, 3.05) is 31.3 Å². The Labute approximate surface area is 217 Å². The van der Waals surface area contributed by atoms with Crippen LogP contribution in [0.1, 0.15) is 36.7 Å². The highest BCUT2D eigenvalue weighted by molar-refractivity contribution is 6.06. The normalized spacial score (nSPS) is 11.4. The standard InChI is InChI=1S/C30H32N4O3/c1-30(2,3)23-7-6-8-24(17-23)32-29(36)21-10-9-20-11-12-25(16-22(20)15-21)37-26-13-14-31-27(18-26)33-28(35)19-34(4)5/h6-18H,19H2,1-5H3,(H,32,36)(H,31,33,35). The van der Waals surface area contributed by atoms with Crippen LogP contribution in [0.4, 0.5) is 11.5 Å². The minimum absolute atomic E-state index is 0.00647. The molecule has 0 fully saturated rings. The van der Waals surface area contributed by atoms with Gasteiger partial charge in [-0.15, -0.1) is 0 Å². The topological polar surface area (TPSA) is 83.6 Å². The van der Waals surface area contributed by atoms with Crippen molar-refractivity contribution >= 4 is 34.1 Å². The molecule has 37 heavy (non-hydrogen) atoms. The van der Waals surface area contributed by atoms with Gasteiger partial charge >= 0.3 is 0 Å². The van der Waals surface area contributed by atoms with Gasteiger partial charge in [-0.1, -0.05) is 45.0 Å². The van der Waals surface area contributed by atoms with Gasteiger partial charge in [-0.2, -0.15) is 0 Å². The molecule has 3 aromatic carbocycles. The van der Waals surface area contributed by atoms with E-state index < -0.39 is 0 Å². The Bertz CT molecular complexity index is 1440. The summed E-state index contributed by atoms with van der Waals surface area (Å²) < 4.78 is 6.03. The van der Waals surface area contributed by atoms with Crippen molar-refractivity contribution in [1.82, 2.24) is 9.88 Å². The molecule has 1 heterocycles. The summed E-state index contributed by atoms with van der Waals surface area (Å²) in [6, 6.07) is 22.6. The van der Waals surface area contributed by atoms with Crippen LogP contribution in [0, 0.1) is 0 Å². The lowest BCUT2D eigenvalue weighted by Crippen LogP contribution is -2.27. The maximum absolute atomic E-state index is 13.0. The molecule has 0 atom stereocenters. The fraction of sp³-hybridized carbons (Fsp3) is 0.233. The number of aromatic nitrogens is 1. The van der Waals surface area contributed by atoms with Gasteiger partial charge in [0.25, 0.3) is 5.91 Å². The van der Waals surface area contributed by atoms with Gasteiger partial charge in [-0.3, -0.25) is 9.59 Å². The smallest absolute Gasteiger partial charge is 0.255 e. The molecule has 0 saturated heterocycles. The van der Waals surface area contributed by atoms with Crippen LogP contribution < -0.4 is 15.4 Å². The van der Waals surface area contributed by atoms with E-state index in [1.165, 1.54) is 0 Å². The summed E-state index contributed by atoms with van der Waals surface area (Å²) in [4.78, 5) is 31.0. The lowest BCUT2D eigenvalue weighted by molar-refractivity contribution is -0.116. The molecule has 2 amide bonds. The van der Waals surface area contributed by atoms with Crippen LogP contribution >= 0.6 is 0 Å². The van der Waals surface area contributed by atoms with Crippen LogP contribution in [0.15, 0.2) is 79.0 Å². The van der Waals surface area contributed by atoms with E-state index in [0.717, 1.165) is 22.0 Å². The number of hydrogen-bond donors (Lipinski definition) is 2. The predicted molar refractivity (Wildman–Crippen MR) is 149 cm³/mol. The van der Waals surface area contributed by atoms with Crippen LogP contribution in [0.3, 0.4) is 0 Å². The zero-order valence-electron chi connectivity index (χ0n) is 21.8. The third kappa shape index (κ3) is 6.92. The van der Waals surface area contributed by atoms with E-state index in [2.05, 4.69) is 42.5 Å².